The smallest absolute Gasteiger partial charge is 0.305 e. The van der Waals surface area contributed by atoms with Crippen LogP contribution in [0.15, 0.2) is 97.2 Å². The Morgan fingerprint density at radius 2 is 1.35 bits per heavy atom. The van der Waals surface area contributed by atoms with Crippen LogP contribution in [0.4, 0.5) is 0 Å². The zero-order valence-corrected chi connectivity index (χ0v) is 44.8. The number of phenols is 1. The van der Waals surface area contributed by atoms with E-state index in [-0.39, 0.29) is 57.2 Å². The number of aromatic nitrogens is 1. The number of aromatic amines is 1. The van der Waals surface area contributed by atoms with Crippen molar-refractivity contribution in [1.29, 1.82) is 0 Å². The molecule has 2 heterocycles. The van der Waals surface area contributed by atoms with Gasteiger partial charge in [0.1, 0.15) is 48.0 Å². The van der Waals surface area contributed by atoms with Gasteiger partial charge in [-0.3, -0.25) is 47.9 Å². The highest BCUT2D eigenvalue weighted by atomic mass is 16.4. The molecular weight excluding hydrogens is 1030 g/mol. The predicted molar refractivity (Wildman–Crippen MR) is 294 cm³/mol. The Hall–Kier alpha value is -8.86. The van der Waals surface area contributed by atoms with E-state index in [2.05, 4.69) is 31.6 Å². The van der Waals surface area contributed by atoms with Crippen LogP contribution in [-0.4, -0.2) is 151 Å². The quantitative estimate of drug-likeness (QED) is 0.0340. The van der Waals surface area contributed by atoms with Crippen LogP contribution in [0, 0.1) is 0 Å². The second-order valence-electron chi connectivity index (χ2n) is 20.1. The summed E-state index contributed by atoms with van der Waals surface area (Å²) in [6, 6.07) is 15.2. The number of para-hydroxylation sites is 1. The molecule has 4 aromatic carbocycles. The first kappa shape index (κ1) is 60.4. The van der Waals surface area contributed by atoms with Gasteiger partial charge in [0, 0.05) is 56.4 Å². The molecule has 0 unspecified atom stereocenters. The maximum atomic E-state index is 15.1. The van der Waals surface area contributed by atoms with E-state index < -0.39 is 114 Å². The number of aliphatic carboxylic acids is 2. The molecule has 1 saturated heterocycles. The van der Waals surface area contributed by atoms with Gasteiger partial charge < -0.3 is 68.2 Å². The number of hydrogen-bond donors (Lipinski definition) is 11. The number of likely N-dealkylation sites (tertiary alicyclic amines) is 1. The Morgan fingerprint density at radius 3 is 2.04 bits per heavy atom. The number of carbonyl (C=O) groups excluding carboxylic acids is 8. The zero-order chi connectivity index (χ0) is 58.2. The van der Waals surface area contributed by atoms with Gasteiger partial charge in [0.2, 0.25) is 47.3 Å². The molecule has 23 heteroatoms. The number of nitrogens with zero attached hydrogens (tertiary/aromatic N) is 2. The van der Waals surface area contributed by atoms with E-state index in [4.69, 9.17) is 16.6 Å². The molecule has 0 bridgehead atoms. The summed E-state index contributed by atoms with van der Waals surface area (Å²) in [4.78, 5) is 141. The first-order chi connectivity index (χ1) is 38.1. The number of hydrogen-bond acceptors (Lipinski definition) is 12. The third kappa shape index (κ3) is 16.1. The highest BCUT2D eigenvalue weighted by Gasteiger charge is 2.41. The molecule has 6 rings (SSSR count). The van der Waals surface area contributed by atoms with Crippen LogP contribution in [0.5, 0.6) is 5.75 Å². The number of carbonyl (C=O) groups is 10. The minimum absolute atomic E-state index is 0.0452. The largest absolute Gasteiger partial charge is 0.508 e. The van der Waals surface area contributed by atoms with Crippen molar-refractivity contribution in [3.63, 3.8) is 0 Å². The third-order valence-corrected chi connectivity index (χ3v) is 14.2. The van der Waals surface area contributed by atoms with Crippen molar-refractivity contribution in [2.75, 3.05) is 13.6 Å². The lowest BCUT2D eigenvalue weighted by molar-refractivity contribution is -0.145. The Kier molecular flexibility index (Phi) is 21.2. The maximum absolute atomic E-state index is 15.1. The normalized spacial score (nSPS) is 15.8. The number of benzene rings is 4. The molecule has 426 valence electrons. The van der Waals surface area contributed by atoms with Crippen LogP contribution in [-0.2, 0) is 67.2 Å². The summed E-state index contributed by atoms with van der Waals surface area (Å²) in [6.07, 6.45) is 1.43. The number of nitrogens with one attached hydrogen (secondary N) is 6. The van der Waals surface area contributed by atoms with Crippen LogP contribution in [0.2, 0.25) is 0 Å². The molecule has 0 saturated carbocycles. The molecule has 1 aliphatic rings. The summed E-state index contributed by atoms with van der Waals surface area (Å²) in [5.41, 5.74) is 14.2. The molecule has 0 radical (unpaired) electrons. The fourth-order valence-corrected chi connectivity index (χ4v) is 9.79. The number of carboxylic acid groups (broad SMARTS) is 2. The highest BCUT2D eigenvalue weighted by molar-refractivity contribution is 5.99. The number of H-pyrrole nitrogens is 1. The van der Waals surface area contributed by atoms with Crippen LogP contribution in [0.25, 0.3) is 21.7 Å². The van der Waals surface area contributed by atoms with Gasteiger partial charge in [0.15, 0.2) is 0 Å². The maximum Gasteiger partial charge on any atom is 0.305 e. The van der Waals surface area contributed by atoms with Gasteiger partial charge in [0.25, 0.3) is 0 Å². The lowest BCUT2D eigenvalue weighted by Crippen LogP contribution is -2.60. The molecule has 23 nitrogen and oxygen atoms in total. The second-order valence-corrected chi connectivity index (χ2v) is 20.1. The number of rotatable bonds is 28. The van der Waals surface area contributed by atoms with Crippen molar-refractivity contribution in [1.82, 2.24) is 41.4 Å². The number of fused-ring (bicyclic) bond motifs is 2. The summed E-state index contributed by atoms with van der Waals surface area (Å²) in [7, 11) is 1.35. The van der Waals surface area contributed by atoms with Crippen LogP contribution >= 0.6 is 0 Å². The number of amides is 8. The Morgan fingerprint density at radius 1 is 0.700 bits per heavy atom. The first-order valence-electron chi connectivity index (χ1n) is 26.5. The Bertz CT molecular complexity index is 3070. The van der Waals surface area contributed by atoms with E-state index in [9.17, 15) is 53.4 Å². The number of unbranched alkanes of at least 4 members (excludes halogenated alkanes) is 1. The third-order valence-electron chi connectivity index (χ3n) is 14.2. The number of nitrogens with two attached hydrogens (primary N) is 2. The summed E-state index contributed by atoms with van der Waals surface area (Å²) in [5.74, 6) is -9.20. The molecule has 80 heavy (non-hydrogen) atoms. The van der Waals surface area contributed by atoms with E-state index in [0.717, 1.165) is 26.6 Å². The molecule has 1 aromatic heterocycles. The Balaban J connectivity index is 1.24. The zero-order valence-electron chi connectivity index (χ0n) is 44.8. The van der Waals surface area contributed by atoms with E-state index in [1.54, 1.807) is 36.5 Å². The molecule has 1 fully saturated rings. The minimum atomic E-state index is -1.73. The van der Waals surface area contributed by atoms with Gasteiger partial charge in [-0.1, -0.05) is 92.6 Å². The first-order valence-corrected chi connectivity index (χ1v) is 26.5. The van der Waals surface area contributed by atoms with Crippen LogP contribution < -0.4 is 38.1 Å². The molecule has 1 aliphatic heterocycles. The summed E-state index contributed by atoms with van der Waals surface area (Å²) >= 11 is 0. The highest BCUT2D eigenvalue weighted by Crippen LogP contribution is 2.25. The lowest BCUT2D eigenvalue weighted by Gasteiger charge is -2.33. The summed E-state index contributed by atoms with van der Waals surface area (Å²) in [5, 5.41) is 44.4. The number of likely N-dealkylation sites (N-methyl/N-ethyl adjacent to an activating group) is 1. The topological polar surface area (TPSA) is 366 Å². The van der Waals surface area contributed by atoms with Gasteiger partial charge in [-0.05, 0) is 78.3 Å². The standard InChI is InChI=1S/C57H70N10O13/c1-4-5-18-46(54(77)63-43(30-49(71)72)53(76)62-42(50(59)73)28-35-14-10-13-34-12-6-7-15-38(34)35)66(3)56(79)45(29-36-31-60-41-17-9-8-16-39(36)41)65-55(78)47-19-11-26-67(47)57(80)44(27-33-20-22-37(68)23-21-33)64-51(74)32(2)61-52(75)40(58)24-25-48(69)70/h6-10,12-17,20-23,31-32,40,42-47,60,68H,4-5,11,18-19,24-30,58H2,1-3H3,(H2,59,73)(H,61,75)(H,62,76)(H,63,77)(H,64,74)(H,65,78)(H,69,70)(H,71,72)/t32-,40+,42-,43-,44-,45-,46-,47-/m0/s1. The number of phenolic OH excluding ortho intramolecular Hbond substituents is 1. The van der Waals surface area contributed by atoms with E-state index in [1.165, 1.54) is 31.0 Å². The molecule has 8 atom stereocenters. The fourth-order valence-electron chi connectivity index (χ4n) is 9.79. The van der Waals surface area contributed by atoms with Crippen molar-refractivity contribution in [3.8, 4) is 5.75 Å². The average Bonchev–Trinajstić information content (AvgIpc) is 4.10. The van der Waals surface area contributed by atoms with Gasteiger partial charge >= 0.3 is 11.9 Å². The molecule has 8 amide bonds. The lowest BCUT2D eigenvalue weighted by atomic mass is 9.98. The van der Waals surface area contributed by atoms with E-state index >= 15 is 4.79 Å². The average molecular weight is 1100 g/mol. The molecule has 13 N–H and O–H groups in total. The predicted octanol–water partition coefficient (Wildman–Crippen LogP) is 1.66. The molecule has 0 spiro atoms. The fraction of sp³-hybridized carbons (Fsp3) is 0.404. The number of carboxylic acids is 2. The van der Waals surface area contributed by atoms with Crippen molar-refractivity contribution in [2.45, 2.75) is 133 Å². The van der Waals surface area contributed by atoms with Crippen molar-refractivity contribution >= 4 is 80.9 Å². The number of aromatic hydroxyl groups is 1. The van der Waals surface area contributed by atoms with Crippen LogP contribution in [0.3, 0.4) is 0 Å². The molecule has 5 aromatic rings. The molecular formula is C57H70N10O13. The second kappa shape index (κ2) is 28.1. The van der Waals surface area contributed by atoms with E-state index in [0.29, 0.717) is 36.0 Å². The SMILES string of the molecule is CCCC[C@@H](C(=O)N[C@@H](CC(=O)O)C(=O)N[C@@H](Cc1cccc2ccccc12)C(N)=O)N(C)C(=O)[C@H](Cc1c[nH]c2ccccc12)NC(=O)[C@@H]1CCCN1C(=O)[C@H](Cc1ccc(O)cc1)NC(=O)[C@H](C)NC(=O)[C@H](N)CCC(=O)O. The van der Waals surface area contributed by atoms with Gasteiger partial charge in [0.05, 0.1) is 12.5 Å². The van der Waals surface area contributed by atoms with E-state index in [1.807, 2.05) is 55.5 Å². The number of primary amides is 1. The summed E-state index contributed by atoms with van der Waals surface area (Å²) < 4.78 is 0. The monoisotopic (exact) mass is 1100 g/mol. The van der Waals surface area contributed by atoms with Gasteiger partial charge in [-0.25, -0.2) is 0 Å². The minimum Gasteiger partial charge on any atom is -0.508 e. The molecule has 0 aliphatic carbocycles. The van der Waals surface area contributed by atoms with Gasteiger partial charge in [-0.15, -0.1) is 0 Å². The van der Waals surface area contributed by atoms with Crippen molar-refractivity contribution < 1.29 is 63.3 Å². The summed E-state index contributed by atoms with van der Waals surface area (Å²) in [6.45, 7) is 3.28. The van der Waals surface area contributed by atoms with Crippen LogP contribution in [0.1, 0.15) is 81.9 Å². The van der Waals surface area contributed by atoms with Gasteiger partial charge in [-0.2, -0.15) is 0 Å². The van der Waals surface area contributed by atoms with Crippen molar-refractivity contribution in [3.05, 3.63) is 114 Å². The van der Waals surface area contributed by atoms with Crippen molar-refractivity contribution in [2.24, 2.45) is 11.5 Å². The Labute approximate surface area is 461 Å².